The van der Waals surface area contributed by atoms with Crippen LogP contribution < -0.4 is 4.74 Å². The van der Waals surface area contributed by atoms with Gasteiger partial charge in [-0.15, -0.1) is 0 Å². The molecule has 78 valence electrons. The first-order valence-corrected chi connectivity index (χ1v) is 5.27. The highest BCUT2D eigenvalue weighted by Gasteiger charge is 2.09. The van der Waals surface area contributed by atoms with E-state index < -0.39 is 0 Å². The largest absolute Gasteiger partial charge is 0.496 e. The van der Waals surface area contributed by atoms with Crippen LogP contribution in [0.4, 0.5) is 0 Å². The Labute approximate surface area is 96.2 Å². The van der Waals surface area contributed by atoms with Gasteiger partial charge in [0.15, 0.2) is 5.76 Å². The summed E-state index contributed by atoms with van der Waals surface area (Å²) < 4.78 is 11.2. The molecule has 0 fully saturated rings. The highest BCUT2D eigenvalue weighted by Crippen LogP contribution is 2.31. The Bertz CT molecular complexity index is 479. The molecule has 15 heavy (non-hydrogen) atoms. The van der Waals surface area contributed by atoms with Crippen molar-refractivity contribution in [2.24, 2.45) is 0 Å². The number of hydrogen-bond acceptors (Lipinski definition) is 3. The number of methoxy groups -OCH3 is 1. The van der Waals surface area contributed by atoms with Gasteiger partial charge in [0.05, 0.1) is 17.8 Å². The number of ether oxygens (including phenoxy) is 1. The third-order valence-corrected chi connectivity index (χ3v) is 2.78. The molecule has 4 heteroatoms. The second kappa shape index (κ2) is 4.06. The summed E-state index contributed by atoms with van der Waals surface area (Å²) in [6.45, 7) is 1.96. The van der Waals surface area contributed by atoms with Gasteiger partial charge in [-0.05, 0) is 41.1 Å². The van der Waals surface area contributed by atoms with Gasteiger partial charge in [-0.1, -0.05) is 5.16 Å². The maximum atomic E-state index is 5.17. The minimum atomic E-state index is 0.790. The number of halogens is 1. The molecular weight excluding hydrogens is 258 g/mol. The van der Waals surface area contributed by atoms with Gasteiger partial charge in [0.1, 0.15) is 5.75 Å². The summed E-state index contributed by atoms with van der Waals surface area (Å²) in [4.78, 5) is 0. The fraction of sp³-hybridized carbons (Fsp3) is 0.182. The first-order valence-electron chi connectivity index (χ1n) is 4.47. The Morgan fingerprint density at radius 3 is 2.73 bits per heavy atom. The van der Waals surface area contributed by atoms with Crippen molar-refractivity contribution in [3.8, 4) is 17.1 Å². The molecule has 0 N–H and O–H groups in total. The molecule has 1 aromatic carbocycles. The topological polar surface area (TPSA) is 35.3 Å². The smallest absolute Gasteiger partial charge is 0.169 e. The number of nitrogens with zero attached hydrogens (tertiary/aromatic N) is 1. The number of aromatic nitrogens is 1. The third kappa shape index (κ3) is 1.90. The van der Waals surface area contributed by atoms with Crippen molar-refractivity contribution in [2.45, 2.75) is 6.92 Å². The van der Waals surface area contributed by atoms with E-state index in [-0.39, 0.29) is 0 Å². The van der Waals surface area contributed by atoms with Gasteiger partial charge in [0.25, 0.3) is 0 Å². The molecule has 1 heterocycles. The van der Waals surface area contributed by atoms with Gasteiger partial charge in [-0.25, -0.2) is 0 Å². The van der Waals surface area contributed by atoms with Crippen molar-refractivity contribution in [2.75, 3.05) is 7.11 Å². The van der Waals surface area contributed by atoms with Crippen LogP contribution in [0.2, 0.25) is 0 Å². The number of hydrogen-bond donors (Lipinski definition) is 0. The van der Waals surface area contributed by atoms with Crippen LogP contribution in [0.1, 0.15) is 5.56 Å². The van der Waals surface area contributed by atoms with Gasteiger partial charge >= 0.3 is 0 Å². The standard InChI is InChI=1S/C11H10BrNO2/c1-7-6-13-15-11(7)8-3-4-10(14-2)9(12)5-8/h3-6H,1-2H3. The second-order valence-corrected chi connectivity index (χ2v) is 4.04. The molecule has 3 nitrogen and oxygen atoms in total. The molecule has 0 aliphatic heterocycles. The summed E-state index contributed by atoms with van der Waals surface area (Å²) in [5.74, 6) is 1.59. The lowest BCUT2D eigenvalue weighted by Gasteiger charge is -2.04. The van der Waals surface area contributed by atoms with E-state index in [9.17, 15) is 0 Å². The van der Waals surface area contributed by atoms with Crippen LogP contribution in [0, 0.1) is 6.92 Å². The van der Waals surface area contributed by atoms with Crippen LogP contribution in [0.15, 0.2) is 33.4 Å². The Kier molecular flexibility index (Phi) is 2.77. The number of aryl methyl sites for hydroxylation is 1. The first-order chi connectivity index (χ1) is 7.22. The summed E-state index contributed by atoms with van der Waals surface area (Å²) in [5, 5.41) is 3.75. The molecule has 0 aliphatic rings. The van der Waals surface area contributed by atoms with E-state index >= 15 is 0 Å². The zero-order valence-corrected chi connectivity index (χ0v) is 10.0. The SMILES string of the molecule is COc1ccc(-c2oncc2C)cc1Br. The van der Waals surface area contributed by atoms with Crippen molar-refractivity contribution in [1.29, 1.82) is 0 Å². The molecule has 2 rings (SSSR count). The van der Waals surface area contributed by atoms with Crippen LogP contribution >= 0.6 is 15.9 Å². The summed E-state index contributed by atoms with van der Waals surface area (Å²) in [6.07, 6.45) is 1.70. The van der Waals surface area contributed by atoms with Crippen molar-refractivity contribution < 1.29 is 9.26 Å². The lowest BCUT2D eigenvalue weighted by molar-refractivity contribution is 0.411. The quantitative estimate of drug-likeness (QED) is 0.837. The van der Waals surface area contributed by atoms with E-state index in [2.05, 4.69) is 21.1 Å². The lowest BCUT2D eigenvalue weighted by Crippen LogP contribution is -1.85. The van der Waals surface area contributed by atoms with E-state index in [0.29, 0.717) is 0 Å². The Morgan fingerprint density at radius 2 is 2.20 bits per heavy atom. The Hall–Kier alpha value is -1.29. The van der Waals surface area contributed by atoms with Crippen LogP contribution in [0.5, 0.6) is 5.75 Å². The second-order valence-electron chi connectivity index (χ2n) is 3.19. The highest BCUT2D eigenvalue weighted by molar-refractivity contribution is 9.10. The van der Waals surface area contributed by atoms with Crippen molar-refractivity contribution in [3.63, 3.8) is 0 Å². The van der Waals surface area contributed by atoms with Crippen LogP contribution in [0.25, 0.3) is 11.3 Å². The third-order valence-electron chi connectivity index (χ3n) is 2.16. The van der Waals surface area contributed by atoms with Gasteiger partial charge in [-0.2, -0.15) is 0 Å². The highest BCUT2D eigenvalue weighted by atomic mass is 79.9. The first kappa shape index (κ1) is 10.2. The molecular formula is C11H10BrNO2. The molecule has 0 bridgehead atoms. The fourth-order valence-electron chi connectivity index (χ4n) is 1.38. The molecule has 0 saturated carbocycles. The van der Waals surface area contributed by atoms with E-state index in [1.807, 2.05) is 25.1 Å². The maximum Gasteiger partial charge on any atom is 0.169 e. The van der Waals surface area contributed by atoms with E-state index in [0.717, 1.165) is 27.1 Å². The van der Waals surface area contributed by atoms with Crippen LogP contribution in [0.3, 0.4) is 0 Å². The zero-order chi connectivity index (χ0) is 10.8. The predicted octanol–water partition coefficient (Wildman–Crippen LogP) is 3.42. The average Bonchev–Trinajstić information content (AvgIpc) is 2.64. The summed E-state index contributed by atoms with van der Waals surface area (Å²) in [6, 6.07) is 5.78. The van der Waals surface area contributed by atoms with E-state index in [4.69, 9.17) is 9.26 Å². The maximum absolute atomic E-state index is 5.17. The van der Waals surface area contributed by atoms with Crippen molar-refractivity contribution >= 4 is 15.9 Å². The molecule has 0 aliphatic carbocycles. The van der Waals surface area contributed by atoms with Crippen LogP contribution in [-0.2, 0) is 0 Å². The van der Waals surface area contributed by atoms with Gasteiger partial charge in [0.2, 0.25) is 0 Å². The lowest BCUT2D eigenvalue weighted by atomic mass is 10.1. The summed E-state index contributed by atoms with van der Waals surface area (Å²) in [5.41, 5.74) is 2.00. The molecule has 0 radical (unpaired) electrons. The van der Waals surface area contributed by atoms with Gasteiger partial charge < -0.3 is 9.26 Å². The van der Waals surface area contributed by atoms with Crippen molar-refractivity contribution in [1.82, 2.24) is 5.16 Å². The molecule has 1 aromatic heterocycles. The number of rotatable bonds is 2. The van der Waals surface area contributed by atoms with Crippen molar-refractivity contribution in [3.05, 3.63) is 34.4 Å². The summed E-state index contributed by atoms with van der Waals surface area (Å²) >= 11 is 3.43. The zero-order valence-electron chi connectivity index (χ0n) is 8.45. The number of benzene rings is 1. The average molecular weight is 268 g/mol. The minimum Gasteiger partial charge on any atom is -0.496 e. The summed E-state index contributed by atoms with van der Waals surface area (Å²) in [7, 11) is 1.64. The monoisotopic (exact) mass is 267 g/mol. The molecule has 0 amide bonds. The van der Waals surface area contributed by atoms with Crippen LogP contribution in [-0.4, -0.2) is 12.3 Å². The minimum absolute atomic E-state index is 0.790. The molecule has 0 unspecified atom stereocenters. The van der Waals surface area contributed by atoms with E-state index in [1.54, 1.807) is 13.3 Å². The molecule has 0 saturated heterocycles. The fourth-order valence-corrected chi connectivity index (χ4v) is 1.92. The Balaban J connectivity index is 2.47. The normalized spacial score (nSPS) is 10.3. The van der Waals surface area contributed by atoms with Gasteiger partial charge in [-0.3, -0.25) is 0 Å². The Morgan fingerprint density at radius 1 is 1.40 bits per heavy atom. The van der Waals surface area contributed by atoms with E-state index in [1.165, 1.54) is 0 Å². The molecule has 0 spiro atoms. The molecule has 0 atom stereocenters. The van der Waals surface area contributed by atoms with Gasteiger partial charge in [0, 0.05) is 11.1 Å². The molecule has 2 aromatic rings. The predicted molar refractivity (Wildman–Crippen MR) is 60.9 cm³/mol.